The van der Waals surface area contributed by atoms with E-state index in [1.54, 1.807) is 0 Å². The van der Waals surface area contributed by atoms with Gasteiger partial charge in [0.25, 0.3) is 0 Å². The van der Waals surface area contributed by atoms with Crippen molar-refractivity contribution in [3.05, 3.63) is 33.3 Å². The predicted octanol–water partition coefficient (Wildman–Crippen LogP) is 4.14. The van der Waals surface area contributed by atoms with Crippen LogP contribution in [0.15, 0.2) is 22.7 Å². The Balaban J connectivity index is 2.43. The molecule has 0 aliphatic carbocycles. The summed E-state index contributed by atoms with van der Waals surface area (Å²) in [4.78, 5) is 14.4. The molecule has 0 bridgehead atoms. The van der Waals surface area contributed by atoms with Gasteiger partial charge in [-0.25, -0.2) is 0 Å². The highest BCUT2D eigenvalue weighted by atomic mass is 79.9. The largest absolute Gasteiger partial charge is 0.334 e. The second kappa shape index (κ2) is 7.12. The molecule has 1 aromatic carbocycles. The minimum absolute atomic E-state index is 0.0484. The number of amides is 1. The maximum absolute atomic E-state index is 12.5. The summed E-state index contributed by atoms with van der Waals surface area (Å²) in [6.45, 7) is 4.97. The van der Waals surface area contributed by atoms with Crippen molar-refractivity contribution < 1.29 is 4.79 Å². The minimum Gasteiger partial charge on any atom is -0.334 e. The van der Waals surface area contributed by atoms with E-state index in [4.69, 9.17) is 17.3 Å². The molecule has 1 aliphatic rings. The molecule has 116 valence electrons. The molecule has 1 fully saturated rings. The Morgan fingerprint density at radius 2 is 2.19 bits per heavy atom. The number of likely N-dealkylation sites (tertiary alicyclic amines) is 1. The van der Waals surface area contributed by atoms with E-state index in [0.29, 0.717) is 17.4 Å². The lowest BCUT2D eigenvalue weighted by Gasteiger charge is -2.35. The smallest absolute Gasteiger partial charge is 0.223 e. The van der Waals surface area contributed by atoms with Gasteiger partial charge in [0.1, 0.15) is 0 Å². The van der Waals surface area contributed by atoms with Gasteiger partial charge in [-0.3, -0.25) is 4.79 Å². The van der Waals surface area contributed by atoms with E-state index < -0.39 is 0 Å². The Morgan fingerprint density at radius 1 is 1.48 bits per heavy atom. The van der Waals surface area contributed by atoms with E-state index >= 15 is 0 Å². The van der Waals surface area contributed by atoms with E-state index in [1.807, 2.05) is 23.1 Å². The second-order valence-corrected chi connectivity index (χ2v) is 7.40. The number of nitrogens with two attached hydrogens (primary N) is 1. The molecule has 1 heterocycles. The summed E-state index contributed by atoms with van der Waals surface area (Å²) < 4.78 is 0.916. The Bertz CT molecular complexity index is 521. The molecule has 2 atom stereocenters. The van der Waals surface area contributed by atoms with Gasteiger partial charge in [-0.1, -0.05) is 47.4 Å². The molecule has 21 heavy (non-hydrogen) atoms. The maximum atomic E-state index is 12.5. The van der Waals surface area contributed by atoms with Crippen molar-refractivity contribution in [1.29, 1.82) is 0 Å². The first-order valence-corrected chi connectivity index (χ1v) is 8.57. The number of nitrogens with zero attached hydrogens (tertiary/aromatic N) is 1. The van der Waals surface area contributed by atoms with Crippen LogP contribution < -0.4 is 5.73 Å². The van der Waals surface area contributed by atoms with Crippen molar-refractivity contribution in [1.82, 2.24) is 4.90 Å². The monoisotopic (exact) mass is 372 g/mol. The molecule has 0 spiro atoms. The molecule has 3 nitrogen and oxygen atoms in total. The van der Waals surface area contributed by atoms with E-state index in [-0.39, 0.29) is 18.0 Å². The van der Waals surface area contributed by atoms with Gasteiger partial charge in [0.05, 0.1) is 6.04 Å². The number of hydrogen-bond donors (Lipinski definition) is 1. The number of hydrogen-bond acceptors (Lipinski definition) is 2. The maximum Gasteiger partial charge on any atom is 0.223 e. The van der Waals surface area contributed by atoms with Crippen LogP contribution in [0.3, 0.4) is 0 Å². The van der Waals surface area contributed by atoms with Gasteiger partial charge in [0.2, 0.25) is 5.91 Å². The van der Waals surface area contributed by atoms with Crippen LogP contribution >= 0.6 is 27.5 Å². The molecular formula is C16H22BrClN2O. The normalized spacial score (nSPS) is 23.5. The van der Waals surface area contributed by atoms with Gasteiger partial charge < -0.3 is 10.6 Å². The zero-order valence-electron chi connectivity index (χ0n) is 12.5. The first-order valence-electron chi connectivity index (χ1n) is 7.40. The summed E-state index contributed by atoms with van der Waals surface area (Å²) in [7, 11) is 0. The van der Waals surface area contributed by atoms with E-state index in [1.165, 1.54) is 0 Å². The van der Waals surface area contributed by atoms with Gasteiger partial charge in [-0.2, -0.15) is 0 Å². The number of benzene rings is 1. The van der Waals surface area contributed by atoms with Gasteiger partial charge in [0.15, 0.2) is 0 Å². The van der Waals surface area contributed by atoms with Crippen molar-refractivity contribution in [2.75, 3.05) is 6.54 Å². The molecule has 0 aromatic heterocycles. The zero-order chi connectivity index (χ0) is 15.6. The number of carbonyl (C=O) groups excluding carboxylic acids is 1. The third kappa shape index (κ3) is 3.99. The molecule has 2 N–H and O–H groups in total. The van der Waals surface area contributed by atoms with Gasteiger partial charge in [-0.05, 0) is 36.5 Å². The molecular weight excluding hydrogens is 352 g/mol. The van der Waals surface area contributed by atoms with Gasteiger partial charge >= 0.3 is 0 Å². The van der Waals surface area contributed by atoms with Crippen LogP contribution in [-0.4, -0.2) is 23.4 Å². The third-order valence-corrected chi connectivity index (χ3v) is 4.75. The summed E-state index contributed by atoms with van der Waals surface area (Å²) in [5, 5.41) is 0.676. The van der Waals surface area contributed by atoms with E-state index in [0.717, 1.165) is 29.4 Å². The van der Waals surface area contributed by atoms with Crippen LogP contribution in [-0.2, 0) is 4.79 Å². The molecule has 0 saturated carbocycles. The van der Waals surface area contributed by atoms with Crippen LogP contribution in [0.1, 0.15) is 44.7 Å². The Labute approximate surface area is 140 Å². The Kier molecular flexibility index (Phi) is 5.69. The summed E-state index contributed by atoms with van der Waals surface area (Å²) >= 11 is 9.60. The summed E-state index contributed by atoms with van der Waals surface area (Å²) in [5.74, 6) is 0.608. The topological polar surface area (TPSA) is 46.3 Å². The van der Waals surface area contributed by atoms with Crippen molar-refractivity contribution >= 4 is 33.4 Å². The first-order chi connectivity index (χ1) is 9.90. The van der Waals surface area contributed by atoms with E-state index in [2.05, 4.69) is 29.8 Å². The fourth-order valence-electron chi connectivity index (χ4n) is 2.93. The average Bonchev–Trinajstić information content (AvgIpc) is 2.51. The zero-order valence-corrected chi connectivity index (χ0v) is 14.8. The van der Waals surface area contributed by atoms with Crippen LogP contribution in [0, 0.1) is 5.92 Å². The summed E-state index contributed by atoms with van der Waals surface area (Å²) in [5.41, 5.74) is 7.44. The summed E-state index contributed by atoms with van der Waals surface area (Å²) in [6, 6.07) is 5.56. The fourth-order valence-corrected chi connectivity index (χ4v) is 3.84. The first kappa shape index (κ1) is 16.8. The van der Waals surface area contributed by atoms with Crippen molar-refractivity contribution in [3.63, 3.8) is 0 Å². The third-order valence-electron chi connectivity index (χ3n) is 3.83. The molecule has 1 amide bonds. The van der Waals surface area contributed by atoms with Gasteiger partial charge in [-0.15, -0.1) is 0 Å². The molecule has 5 heteroatoms. The van der Waals surface area contributed by atoms with E-state index in [9.17, 15) is 4.79 Å². The van der Waals surface area contributed by atoms with Crippen molar-refractivity contribution in [2.24, 2.45) is 11.7 Å². The highest BCUT2D eigenvalue weighted by molar-refractivity contribution is 9.10. The second-order valence-electron chi connectivity index (χ2n) is 6.11. The predicted molar refractivity (Wildman–Crippen MR) is 90.3 cm³/mol. The Morgan fingerprint density at radius 3 is 2.81 bits per heavy atom. The number of halogens is 2. The molecule has 1 aliphatic heterocycles. The molecule has 1 aromatic rings. The number of carbonyl (C=O) groups is 1. The average molecular weight is 374 g/mol. The highest BCUT2D eigenvalue weighted by Crippen LogP contribution is 2.35. The Hall–Kier alpha value is -0.580. The fraction of sp³-hybridized carbons (Fsp3) is 0.562. The molecule has 1 saturated heterocycles. The SMILES string of the molecule is CC(C)CN1C(=O)CCCC(N)C1c1ccc(Cl)cc1Br. The highest BCUT2D eigenvalue weighted by Gasteiger charge is 2.34. The molecule has 0 radical (unpaired) electrons. The minimum atomic E-state index is -0.0889. The lowest BCUT2D eigenvalue weighted by Crippen LogP contribution is -2.44. The van der Waals surface area contributed by atoms with Crippen LogP contribution in [0.25, 0.3) is 0 Å². The summed E-state index contributed by atoms with van der Waals surface area (Å²) in [6.07, 6.45) is 2.30. The van der Waals surface area contributed by atoms with Crippen molar-refractivity contribution in [3.8, 4) is 0 Å². The quantitative estimate of drug-likeness (QED) is 0.865. The van der Waals surface area contributed by atoms with Crippen LogP contribution in [0.4, 0.5) is 0 Å². The molecule has 2 unspecified atom stereocenters. The number of rotatable bonds is 3. The standard InChI is InChI=1S/C16H22BrClN2O/c1-10(2)9-20-15(21)5-3-4-14(19)16(20)12-7-6-11(18)8-13(12)17/h6-8,10,14,16H,3-5,9,19H2,1-2H3. The van der Waals surface area contributed by atoms with Gasteiger partial charge in [0, 0.05) is 28.5 Å². The van der Waals surface area contributed by atoms with Crippen LogP contribution in [0.2, 0.25) is 5.02 Å². The molecule has 2 rings (SSSR count). The van der Waals surface area contributed by atoms with Crippen molar-refractivity contribution in [2.45, 2.75) is 45.2 Å². The lowest BCUT2D eigenvalue weighted by molar-refractivity contribution is -0.133. The lowest BCUT2D eigenvalue weighted by atomic mass is 9.95. The van der Waals surface area contributed by atoms with Crippen LogP contribution in [0.5, 0.6) is 0 Å².